The van der Waals surface area contributed by atoms with E-state index < -0.39 is 0 Å². The van der Waals surface area contributed by atoms with Gasteiger partial charge in [0.25, 0.3) is 0 Å². The van der Waals surface area contributed by atoms with Crippen LogP contribution < -0.4 is 0 Å². The lowest BCUT2D eigenvalue weighted by atomic mass is 10.2. The number of hydrogen-bond acceptors (Lipinski definition) is 4. The van der Waals surface area contributed by atoms with Gasteiger partial charge in [0, 0.05) is 10.0 Å². The van der Waals surface area contributed by atoms with Crippen molar-refractivity contribution in [1.82, 2.24) is 10.1 Å². The highest BCUT2D eigenvalue weighted by Gasteiger charge is 2.07. The molecule has 0 amide bonds. The minimum atomic E-state index is 0.142. The number of nitrogens with zero attached hydrogens (tertiary/aromatic N) is 3. The summed E-state index contributed by atoms with van der Waals surface area (Å²) in [7, 11) is 0. The van der Waals surface area contributed by atoms with E-state index in [1.54, 1.807) is 0 Å². The summed E-state index contributed by atoms with van der Waals surface area (Å²) in [5.74, 6) is 0.850. The van der Waals surface area contributed by atoms with Gasteiger partial charge in [0.1, 0.15) is 6.42 Å². The topological polar surface area (TPSA) is 62.7 Å². The van der Waals surface area contributed by atoms with E-state index in [2.05, 4.69) is 26.1 Å². The van der Waals surface area contributed by atoms with Crippen LogP contribution in [0.2, 0.25) is 0 Å². The molecule has 2 aromatic rings. The molecule has 0 aliphatic heterocycles. The monoisotopic (exact) mass is 263 g/mol. The lowest BCUT2D eigenvalue weighted by Crippen LogP contribution is -1.82. The van der Waals surface area contributed by atoms with Crippen LogP contribution in [0.1, 0.15) is 5.89 Å². The molecule has 5 heteroatoms. The Hall–Kier alpha value is -1.67. The molecule has 4 nitrogen and oxygen atoms in total. The quantitative estimate of drug-likeness (QED) is 0.836. The van der Waals surface area contributed by atoms with Gasteiger partial charge in [-0.1, -0.05) is 21.1 Å². The second-order valence-electron chi connectivity index (χ2n) is 2.85. The molecule has 0 spiro atoms. The maximum atomic E-state index is 8.45. The third-order valence-corrected chi connectivity index (χ3v) is 2.33. The Morgan fingerprint density at radius 1 is 1.33 bits per heavy atom. The molecule has 1 aromatic carbocycles. The van der Waals surface area contributed by atoms with Crippen LogP contribution in [-0.4, -0.2) is 10.1 Å². The number of hydrogen-bond donors (Lipinski definition) is 0. The van der Waals surface area contributed by atoms with Crippen LogP contribution in [0.15, 0.2) is 33.3 Å². The van der Waals surface area contributed by atoms with Crippen molar-refractivity contribution in [2.75, 3.05) is 0 Å². The first-order chi connectivity index (χ1) is 7.29. The van der Waals surface area contributed by atoms with E-state index in [1.807, 2.05) is 30.3 Å². The zero-order valence-corrected chi connectivity index (χ0v) is 9.23. The van der Waals surface area contributed by atoms with Crippen molar-refractivity contribution < 1.29 is 4.52 Å². The zero-order valence-electron chi connectivity index (χ0n) is 7.64. The van der Waals surface area contributed by atoms with Crippen molar-refractivity contribution in [3.8, 4) is 17.5 Å². The van der Waals surface area contributed by atoms with Gasteiger partial charge in [-0.3, -0.25) is 0 Å². The summed E-state index contributed by atoms with van der Waals surface area (Å²) in [5.41, 5.74) is 0.867. The Balaban J connectivity index is 2.30. The van der Waals surface area contributed by atoms with Crippen molar-refractivity contribution in [3.63, 3.8) is 0 Å². The molecule has 1 heterocycles. The van der Waals surface area contributed by atoms with Gasteiger partial charge in [-0.25, -0.2) is 0 Å². The van der Waals surface area contributed by atoms with E-state index in [4.69, 9.17) is 9.78 Å². The Morgan fingerprint density at radius 2 is 2.07 bits per heavy atom. The summed E-state index contributed by atoms with van der Waals surface area (Å²) in [6, 6.07) is 9.51. The molecule has 0 bridgehead atoms. The number of halogens is 1. The second kappa shape index (κ2) is 4.24. The number of nitriles is 1. The molecule has 0 aliphatic carbocycles. The fraction of sp³-hybridized carbons (Fsp3) is 0.100. The Bertz CT molecular complexity index is 498. The van der Waals surface area contributed by atoms with Crippen LogP contribution >= 0.6 is 15.9 Å². The highest BCUT2D eigenvalue weighted by Crippen LogP contribution is 2.18. The van der Waals surface area contributed by atoms with Crippen LogP contribution in [-0.2, 0) is 6.42 Å². The van der Waals surface area contributed by atoms with Gasteiger partial charge < -0.3 is 4.52 Å². The van der Waals surface area contributed by atoms with Crippen molar-refractivity contribution in [1.29, 1.82) is 5.26 Å². The summed E-state index contributed by atoms with van der Waals surface area (Å²) in [6.07, 6.45) is 0.142. The van der Waals surface area contributed by atoms with Crippen LogP contribution in [0.4, 0.5) is 0 Å². The molecule has 0 fully saturated rings. The molecule has 74 valence electrons. The molecular weight excluding hydrogens is 258 g/mol. The summed E-state index contributed by atoms with van der Waals surface area (Å²) >= 11 is 3.34. The van der Waals surface area contributed by atoms with Crippen LogP contribution in [0.3, 0.4) is 0 Å². The van der Waals surface area contributed by atoms with Crippen molar-refractivity contribution >= 4 is 15.9 Å². The molecule has 0 atom stereocenters. The standard InChI is InChI=1S/C10H6BrN3O/c11-8-3-1-7(2-4-8)10-13-9(5-6-12)15-14-10/h1-4H,5H2. The van der Waals surface area contributed by atoms with Crippen LogP contribution in [0.25, 0.3) is 11.4 Å². The fourth-order valence-electron chi connectivity index (χ4n) is 1.11. The van der Waals surface area contributed by atoms with Gasteiger partial charge >= 0.3 is 0 Å². The largest absolute Gasteiger partial charge is 0.338 e. The third-order valence-electron chi connectivity index (χ3n) is 1.80. The van der Waals surface area contributed by atoms with Crippen molar-refractivity contribution in [2.45, 2.75) is 6.42 Å². The molecule has 0 saturated heterocycles. The first-order valence-electron chi connectivity index (χ1n) is 4.25. The molecule has 0 saturated carbocycles. The SMILES string of the molecule is N#CCc1nc(-c2ccc(Br)cc2)no1. The molecule has 0 aliphatic rings. The Morgan fingerprint density at radius 3 is 2.73 bits per heavy atom. The normalized spacial score (nSPS) is 9.87. The number of rotatable bonds is 2. The van der Waals surface area contributed by atoms with E-state index in [0.29, 0.717) is 11.7 Å². The van der Waals surface area contributed by atoms with E-state index in [1.165, 1.54) is 0 Å². The summed E-state index contributed by atoms with van der Waals surface area (Å²) in [4.78, 5) is 4.08. The van der Waals surface area contributed by atoms with Crippen molar-refractivity contribution in [3.05, 3.63) is 34.6 Å². The molecular formula is C10H6BrN3O. The highest BCUT2D eigenvalue weighted by molar-refractivity contribution is 9.10. The lowest BCUT2D eigenvalue weighted by molar-refractivity contribution is 0.388. The van der Waals surface area contributed by atoms with Gasteiger partial charge in [-0.15, -0.1) is 0 Å². The van der Waals surface area contributed by atoms with Crippen LogP contribution in [0.5, 0.6) is 0 Å². The molecule has 0 unspecified atom stereocenters. The predicted molar refractivity (Wildman–Crippen MR) is 56.8 cm³/mol. The predicted octanol–water partition coefficient (Wildman–Crippen LogP) is 2.57. The maximum absolute atomic E-state index is 8.45. The molecule has 2 rings (SSSR count). The van der Waals surface area contributed by atoms with E-state index in [9.17, 15) is 0 Å². The molecule has 0 radical (unpaired) electrons. The lowest BCUT2D eigenvalue weighted by Gasteiger charge is -1.93. The van der Waals surface area contributed by atoms with E-state index in [0.717, 1.165) is 10.0 Å². The van der Waals surface area contributed by atoms with Gasteiger partial charge in [0.15, 0.2) is 0 Å². The Labute approximate surface area is 94.7 Å². The van der Waals surface area contributed by atoms with Gasteiger partial charge in [0.05, 0.1) is 6.07 Å². The first kappa shape index (κ1) is 9.87. The van der Waals surface area contributed by atoms with Gasteiger partial charge in [-0.05, 0) is 24.3 Å². The fourth-order valence-corrected chi connectivity index (χ4v) is 1.37. The zero-order chi connectivity index (χ0) is 10.7. The summed E-state index contributed by atoms with van der Waals surface area (Å²) < 4.78 is 5.89. The molecule has 1 aromatic heterocycles. The van der Waals surface area contributed by atoms with Gasteiger partial charge in [0.2, 0.25) is 11.7 Å². The second-order valence-corrected chi connectivity index (χ2v) is 3.77. The van der Waals surface area contributed by atoms with E-state index >= 15 is 0 Å². The summed E-state index contributed by atoms with van der Waals surface area (Å²) in [6.45, 7) is 0. The van der Waals surface area contributed by atoms with Crippen molar-refractivity contribution in [2.24, 2.45) is 0 Å². The van der Waals surface area contributed by atoms with E-state index in [-0.39, 0.29) is 6.42 Å². The number of benzene rings is 1. The minimum absolute atomic E-state index is 0.142. The summed E-state index contributed by atoms with van der Waals surface area (Å²) in [5, 5.41) is 12.2. The average molecular weight is 264 g/mol. The average Bonchev–Trinajstić information content (AvgIpc) is 2.68. The van der Waals surface area contributed by atoms with Crippen LogP contribution in [0, 0.1) is 11.3 Å². The minimum Gasteiger partial charge on any atom is -0.338 e. The van der Waals surface area contributed by atoms with Gasteiger partial charge in [-0.2, -0.15) is 10.2 Å². The third kappa shape index (κ3) is 2.22. The molecule has 0 N–H and O–H groups in total. The first-order valence-corrected chi connectivity index (χ1v) is 5.04. The maximum Gasteiger partial charge on any atom is 0.241 e. The Kier molecular flexibility index (Phi) is 2.79. The molecule has 15 heavy (non-hydrogen) atoms. The number of aromatic nitrogens is 2. The highest BCUT2D eigenvalue weighted by atomic mass is 79.9. The smallest absolute Gasteiger partial charge is 0.241 e.